The maximum atomic E-state index is 12.4. The summed E-state index contributed by atoms with van der Waals surface area (Å²) in [5, 5.41) is 2.99. The zero-order valence-corrected chi connectivity index (χ0v) is 20.5. The number of carbonyl (C=O) groups is 1. The topological polar surface area (TPSA) is 102 Å². The summed E-state index contributed by atoms with van der Waals surface area (Å²) in [5.41, 5.74) is 0.360. The lowest BCUT2D eigenvalue weighted by molar-refractivity contribution is 0.0381. The summed E-state index contributed by atoms with van der Waals surface area (Å²) < 4.78 is 45.8. The summed E-state index contributed by atoms with van der Waals surface area (Å²) >= 11 is 6.35. The van der Waals surface area contributed by atoms with Gasteiger partial charge in [-0.05, 0) is 57.9 Å². The number of amides is 1. The number of unbranched alkanes of at least 4 members (excludes halogenated alkanes) is 1. The van der Waals surface area contributed by atoms with Gasteiger partial charge in [0.15, 0.2) is 6.23 Å². The largest absolute Gasteiger partial charge is 0.470 e. The van der Waals surface area contributed by atoms with Crippen LogP contribution in [0.5, 0.6) is 5.75 Å². The molecule has 0 spiro atoms. The monoisotopic (exact) mass is 483 g/mol. The van der Waals surface area contributed by atoms with Crippen molar-refractivity contribution in [2.24, 2.45) is 0 Å². The first-order valence-electron chi connectivity index (χ1n) is 10.3. The van der Waals surface area contributed by atoms with Crippen molar-refractivity contribution in [2.45, 2.75) is 70.6 Å². The second-order valence-corrected chi connectivity index (χ2v) is 10.3. The number of nitrogens with one attached hydrogen (secondary N) is 1. The zero-order valence-electron chi connectivity index (χ0n) is 18.9. The molecule has 0 saturated carbocycles. The Labute approximate surface area is 194 Å². The Balaban J connectivity index is 2.57. The average molecular weight is 484 g/mol. The normalized spacial score (nSPS) is 12.8. The molecule has 32 heavy (non-hydrogen) atoms. The Hall–Kier alpha value is -2.29. The van der Waals surface area contributed by atoms with E-state index in [0.717, 1.165) is 12.8 Å². The Morgan fingerprint density at radius 3 is 2.44 bits per heavy atom. The molecular formula is C23H30ClNO6S. The molecule has 2 aromatic carbocycles. The van der Waals surface area contributed by atoms with E-state index in [4.69, 9.17) is 21.1 Å². The first kappa shape index (κ1) is 26.0. The van der Waals surface area contributed by atoms with Crippen molar-refractivity contribution in [3.8, 4) is 16.9 Å². The molecule has 2 N–H and O–H groups in total. The third kappa shape index (κ3) is 7.39. The highest BCUT2D eigenvalue weighted by atomic mass is 35.5. The molecule has 0 bridgehead atoms. The van der Waals surface area contributed by atoms with Crippen LogP contribution in [0.25, 0.3) is 11.1 Å². The van der Waals surface area contributed by atoms with E-state index in [1.165, 1.54) is 6.07 Å². The fraction of sp³-hybridized carbons (Fsp3) is 0.435. The molecule has 0 fully saturated rings. The van der Waals surface area contributed by atoms with Crippen molar-refractivity contribution < 1.29 is 27.2 Å². The van der Waals surface area contributed by atoms with Crippen LogP contribution in [-0.2, 0) is 14.9 Å². The standard InChI is InChI=1S/C23H30ClNO6S/c1-6-7-12-20(25-22(26)31-23(3,4)5)30-18-13-15(2)14-19(32(27,28)29)21(18)16-10-8-9-11-17(16)24/h8-11,13-14,20H,6-7,12H2,1-5H3,(H,25,26)(H,27,28,29). The molecule has 0 aromatic heterocycles. The summed E-state index contributed by atoms with van der Waals surface area (Å²) in [4.78, 5) is 12.0. The third-order valence-electron chi connectivity index (χ3n) is 4.40. The van der Waals surface area contributed by atoms with Crippen LogP contribution >= 0.6 is 11.6 Å². The van der Waals surface area contributed by atoms with Crippen LogP contribution in [0.4, 0.5) is 4.79 Å². The summed E-state index contributed by atoms with van der Waals surface area (Å²) in [6, 6.07) is 9.65. The van der Waals surface area contributed by atoms with Gasteiger partial charge in [-0.25, -0.2) is 4.79 Å². The quantitative estimate of drug-likeness (QED) is 0.353. The lowest BCUT2D eigenvalue weighted by atomic mass is 10.0. The molecule has 2 rings (SSSR count). The van der Waals surface area contributed by atoms with Gasteiger partial charge in [0.05, 0.1) is 0 Å². The molecule has 0 radical (unpaired) electrons. The Kier molecular flexibility index (Phi) is 8.56. The van der Waals surface area contributed by atoms with Crippen molar-refractivity contribution in [3.63, 3.8) is 0 Å². The van der Waals surface area contributed by atoms with Crippen molar-refractivity contribution >= 4 is 27.8 Å². The number of halogens is 1. The Bertz CT molecular complexity index is 1060. The van der Waals surface area contributed by atoms with Gasteiger partial charge in [0.25, 0.3) is 10.1 Å². The highest BCUT2D eigenvalue weighted by Crippen LogP contribution is 2.41. The number of benzene rings is 2. The smallest absolute Gasteiger partial charge is 0.410 e. The number of aryl methyl sites for hydroxylation is 1. The number of rotatable bonds is 8. The number of alkyl carbamates (subject to hydrolysis) is 1. The van der Waals surface area contributed by atoms with E-state index in [1.807, 2.05) is 6.92 Å². The minimum absolute atomic E-state index is 0.121. The minimum atomic E-state index is -4.59. The van der Waals surface area contributed by atoms with Crippen LogP contribution in [0, 0.1) is 6.92 Å². The maximum Gasteiger partial charge on any atom is 0.410 e. The highest BCUT2D eigenvalue weighted by molar-refractivity contribution is 7.86. The van der Waals surface area contributed by atoms with Gasteiger partial charge < -0.3 is 9.47 Å². The van der Waals surface area contributed by atoms with Crippen molar-refractivity contribution in [2.75, 3.05) is 0 Å². The highest BCUT2D eigenvalue weighted by Gasteiger charge is 2.26. The first-order chi connectivity index (χ1) is 14.8. The third-order valence-corrected chi connectivity index (χ3v) is 5.61. The van der Waals surface area contributed by atoms with E-state index in [-0.39, 0.29) is 21.2 Å². The molecule has 176 valence electrons. The molecule has 0 saturated heterocycles. The van der Waals surface area contributed by atoms with Crippen LogP contribution in [0.1, 0.15) is 52.5 Å². The first-order valence-corrected chi connectivity index (χ1v) is 12.2. The number of carbonyl (C=O) groups excluding carboxylic acids is 1. The molecule has 1 unspecified atom stereocenters. The SMILES string of the molecule is CCCCC(NC(=O)OC(C)(C)C)Oc1cc(C)cc(S(=O)(=O)O)c1-c1ccccc1Cl. The fourth-order valence-corrected chi connectivity index (χ4v) is 4.12. The van der Waals surface area contributed by atoms with Gasteiger partial charge in [-0.3, -0.25) is 9.87 Å². The van der Waals surface area contributed by atoms with E-state index in [9.17, 15) is 17.8 Å². The second kappa shape index (κ2) is 10.6. The van der Waals surface area contributed by atoms with Gasteiger partial charge >= 0.3 is 6.09 Å². The lowest BCUT2D eigenvalue weighted by Crippen LogP contribution is -2.42. The molecule has 0 heterocycles. The summed E-state index contributed by atoms with van der Waals surface area (Å²) in [5.74, 6) is 0.169. The van der Waals surface area contributed by atoms with Crippen LogP contribution in [0.15, 0.2) is 41.3 Å². The lowest BCUT2D eigenvalue weighted by Gasteiger charge is -2.26. The van der Waals surface area contributed by atoms with Crippen LogP contribution in [0.3, 0.4) is 0 Å². The maximum absolute atomic E-state index is 12.4. The van der Waals surface area contributed by atoms with Gasteiger partial charge in [0, 0.05) is 22.6 Å². The van der Waals surface area contributed by atoms with E-state index in [1.54, 1.807) is 58.0 Å². The molecule has 2 aromatic rings. The molecule has 1 atom stereocenters. The van der Waals surface area contributed by atoms with Crippen molar-refractivity contribution in [1.82, 2.24) is 5.32 Å². The molecular weight excluding hydrogens is 454 g/mol. The van der Waals surface area contributed by atoms with Gasteiger partial charge in [0.1, 0.15) is 16.2 Å². The van der Waals surface area contributed by atoms with Crippen molar-refractivity contribution in [3.05, 3.63) is 47.0 Å². The van der Waals surface area contributed by atoms with E-state index >= 15 is 0 Å². The summed E-state index contributed by atoms with van der Waals surface area (Å²) in [6.07, 6.45) is 0.630. The molecule has 0 aliphatic rings. The predicted molar refractivity (Wildman–Crippen MR) is 125 cm³/mol. The van der Waals surface area contributed by atoms with Gasteiger partial charge in [-0.2, -0.15) is 8.42 Å². The second-order valence-electron chi connectivity index (χ2n) is 8.49. The molecule has 1 amide bonds. The van der Waals surface area contributed by atoms with Gasteiger partial charge in [0.2, 0.25) is 0 Å². The number of hydrogen-bond donors (Lipinski definition) is 2. The van der Waals surface area contributed by atoms with Crippen molar-refractivity contribution in [1.29, 1.82) is 0 Å². The van der Waals surface area contributed by atoms with Crippen LogP contribution < -0.4 is 10.1 Å². The summed E-state index contributed by atoms with van der Waals surface area (Å²) in [7, 11) is -4.59. The molecule has 0 aliphatic heterocycles. The minimum Gasteiger partial charge on any atom is -0.470 e. The fourth-order valence-electron chi connectivity index (χ4n) is 3.09. The van der Waals surface area contributed by atoms with Gasteiger partial charge in [-0.1, -0.05) is 43.1 Å². The summed E-state index contributed by atoms with van der Waals surface area (Å²) in [6.45, 7) is 8.94. The number of hydrogen-bond acceptors (Lipinski definition) is 5. The predicted octanol–water partition coefficient (Wildman–Crippen LogP) is 5.98. The molecule has 7 nitrogen and oxygen atoms in total. The Morgan fingerprint density at radius 1 is 1.22 bits per heavy atom. The molecule has 0 aliphatic carbocycles. The molecule has 9 heteroatoms. The van der Waals surface area contributed by atoms with Crippen LogP contribution in [-0.4, -0.2) is 30.9 Å². The van der Waals surface area contributed by atoms with E-state index in [2.05, 4.69) is 5.32 Å². The van der Waals surface area contributed by atoms with Crippen LogP contribution in [0.2, 0.25) is 5.02 Å². The van der Waals surface area contributed by atoms with Gasteiger partial charge in [-0.15, -0.1) is 0 Å². The Morgan fingerprint density at radius 2 is 1.88 bits per heavy atom. The van der Waals surface area contributed by atoms with E-state index in [0.29, 0.717) is 17.5 Å². The zero-order chi connectivity index (χ0) is 24.1. The average Bonchev–Trinajstić information content (AvgIpc) is 2.64. The number of ether oxygens (including phenoxy) is 2. The van der Waals surface area contributed by atoms with E-state index < -0.39 is 28.0 Å².